The van der Waals surface area contributed by atoms with E-state index < -0.39 is 0 Å². The fourth-order valence-corrected chi connectivity index (χ4v) is 3.96. The number of anilines is 1. The SMILES string of the molecule is CC.CC(C)C(=O)Nc1cc(C#N)ccc1C1C=C2C(=O)N(CNC(=O)C3COC3)CC(C)N2N1. The third kappa shape index (κ3) is 5.63. The number of piperazine rings is 1. The van der Waals surface area contributed by atoms with Crippen LogP contribution in [0.2, 0.25) is 0 Å². The van der Waals surface area contributed by atoms with Crippen molar-refractivity contribution < 1.29 is 19.1 Å². The van der Waals surface area contributed by atoms with Gasteiger partial charge in [-0.05, 0) is 30.7 Å². The predicted octanol–water partition coefficient (Wildman–Crippen LogP) is 1.87. The highest BCUT2D eigenvalue weighted by Gasteiger charge is 2.40. The molecule has 2 saturated heterocycles. The molecule has 0 aliphatic carbocycles. The Kier molecular flexibility index (Phi) is 8.48. The van der Waals surface area contributed by atoms with E-state index in [0.29, 0.717) is 36.7 Å². The van der Waals surface area contributed by atoms with Crippen molar-refractivity contribution >= 4 is 23.4 Å². The van der Waals surface area contributed by atoms with E-state index in [1.807, 2.05) is 31.9 Å². The third-order valence-electron chi connectivity index (χ3n) is 6.05. The summed E-state index contributed by atoms with van der Waals surface area (Å²) in [6.45, 7) is 11.0. The van der Waals surface area contributed by atoms with Crippen molar-refractivity contribution in [3.05, 3.63) is 41.1 Å². The highest BCUT2D eigenvalue weighted by Crippen LogP contribution is 2.34. The number of rotatable bonds is 6. The lowest BCUT2D eigenvalue weighted by molar-refractivity contribution is -0.141. The van der Waals surface area contributed by atoms with Gasteiger partial charge < -0.3 is 20.3 Å². The lowest BCUT2D eigenvalue weighted by Crippen LogP contribution is -2.58. The van der Waals surface area contributed by atoms with Crippen LogP contribution in [0.25, 0.3) is 0 Å². The van der Waals surface area contributed by atoms with Gasteiger partial charge in [0.2, 0.25) is 11.8 Å². The Hall–Kier alpha value is -3.42. The summed E-state index contributed by atoms with van der Waals surface area (Å²) in [5.41, 5.74) is 5.57. The monoisotopic (exact) mass is 482 g/mol. The zero-order chi connectivity index (χ0) is 25.7. The van der Waals surface area contributed by atoms with Gasteiger partial charge in [-0.1, -0.05) is 33.8 Å². The number of amides is 3. The summed E-state index contributed by atoms with van der Waals surface area (Å²) >= 11 is 0. The first-order chi connectivity index (χ1) is 16.8. The second kappa shape index (κ2) is 11.3. The molecule has 3 heterocycles. The Morgan fingerprint density at radius 1 is 1.29 bits per heavy atom. The molecule has 2 fully saturated rings. The molecule has 0 spiro atoms. The maximum absolute atomic E-state index is 13.1. The zero-order valence-corrected chi connectivity index (χ0v) is 20.9. The van der Waals surface area contributed by atoms with Crippen LogP contribution in [-0.4, -0.2) is 60.1 Å². The van der Waals surface area contributed by atoms with Gasteiger partial charge in [0, 0.05) is 18.2 Å². The molecule has 10 heteroatoms. The van der Waals surface area contributed by atoms with E-state index in [2.05, 4.69) is 22.1 Å². The molecule has 0 radical (unpaired) electrons. The van der Waals surface area contributed by atoms with Gasteiger partial charge in [0.25, 0.3) is 5.91 Å². The molecule has 0 bridgehead atoms. The van der Waals surface area contributed by atoms with Crippen molar-refractivity contribution in [1.82, 2.24) is 20.7 Å². The topological polar surface area (TPSA) is 127 Å². The number of hydrogen-bond donors (Lipinski definition) is 3. The Morgan fingerprint density at radius 3 is 2.60 bits per heavy atom. The summed E-state index contributed by atoms with van der Waals surface area (Å²) in [5, 5.41) is 16.8. The molecular weight excluding hydrogens is 448 g/mol. The molecule has 188 valence electrons. The summed E-state index contributed by atoms with van der Waals surface area (Å²) in [4.78, 5) is 39.2. The Balaban J connectivity index is 0.00000167. The number of carbonyl (C=O) groups excluding carboxylic acids is 3. The summed E-state index contributed by atoms with van der Waals surface area (Å²) < 4.78 is 5.05. The Bertz CT molecular complexity index is 1040. The van der Waals surface area contributed by atoms with Gasteiger partial charge in [0.15, 0.2) is 0 Å². The van der Waals surface area contributed by atoms with Crippen LogP contribution in [0, 0.1) is 23.2 Å². The Morgan fingerprint density at radius 2 is 2.00 bits per heavy atom. The molecule has 1 aromatic rings. The fourth-order valence-electron chi connectivity index (χ4n) is 3.96. The van der Waals surface area contributed by atoms with Crippen LogP contribution in [-0.2, 0) is 19.1 Å². The summed E-state index contributed by atoms with van der Waals surface area (Å²) in [7, 11) is 0. The summed E-state index contributed by atoms with van der Waals surface area (Å²) in [5.74, 6) is -0.815. The number of nitrogens with one attached hydrogen (secondary N) is 3. The van der Waals surface area contributed by atoms with Crippen molar-refractivity contribution in [2.75, 3.05) is 31.7 Å². The van der Waals surface area contributed by atoms with Crippen molar-refractivity contribution in [3.8, 4) is 6.07 Å². The number of nitrogens with zero attached hydrogens (tertiary/aromatic N) is 3. The molecule has 1 aromatic carbocycles. The smallest absolute Gasteiger partial charge is 0.272 e. The third-order valence-corrected chi connectivity index (χ3v) is 6.05. The molecule has 10 nitrogen and oxygen atoms in total. The summed E-state index contributed by atoms with van der Waals surface area (Å²) in [6.07, 6.45) is 1.82. The van der Waals surface area contributed by atoms with E-state index in [1.165, 1.54) is 0 Å². The normalized spacial score (nSPS) is 21.3. The maximum Gasteiger partial charge on any atom is 0.272 e. The molecular formula is C25H34N6O4. The molecule has 3 aliphatic heterocycles. The maximum atomic E-state index is 13.1. The van der Waals surface area contributed by atoms with Crippen molar-refractivity contribution in [1.29, 1.82) is 5.26 Å². The minimum absolute atomic E-state index is 0.0324. The van der Waals surface area contributed by atoms with Crippen molar-refractivity contribution in [2.24, 2.45) is 11.8 Å². The number of hydrazine groups is 1. The van der Waals surface area contributed by atoms with Crippen molar-refractivity contribution in [3.63, 3.8) is 0 Å². The minimum Gasteiger partial charge on any atom is -0.380 e. The van der Waals surface area contributed by atoms with Gasteiger partial charge in [0.05, 0.1) is 49.5 Å². The number of fused-ring (bicyclic) bond motifs is 1. The number of nitriles is 1. The van der Waals surface area contributed by atoms with Gasteiger partial charge in [-0.2, -0.15) is 5.26 Å². The van der Waals surface area contributed by atoms with E-state index in [4.69, 9.17) is 4.74 Å². The minimum atomic E-state index is -0.358. The largest absolute Gasteiger partial charge is 0.380 e. The first kappa shape index (κ1) is 26.2. The molecule has 3 N–H and O–H groups in total. The van der Waals surface area contributed by atoms with Crippen LogP contribution < -0.4 is 16.1 Å². The molecule has 2 atom stereocenters. The average Bonchev–Trinajstić information content (AvgIpc) is 3.26. The molecule has 0 saturated carbocycles. The van der Waals surface area contributed by atoms with E-state index >= 15 is 0 Å². The molecule has 3 amide bonds. The zero-order valence-electron chi connectivity index (χ0n) is 20.9. The van der Waals surface area contributed by atoms with Crippen LogP contribution in [0.5, 0.6) is 0 Å². The van der Waals surface area contributed by atoms with E-state index in [0.717, 1.165) is 5.56 Å². The molecule has 2 unspecified atom stereocenters. The molecule has 35 heavy (non-hydrogen) atoms. The number of carbonyl (C=O) groups is 3. The predicted molar refractivity (Wildman–Crippen MR) is 130 cm³/mol. The van der Waals surface area contributed by atoms with Crippen LogP contribution >= 0.6 is 0 Å². The lowest BCUT2D eigenvalue weighted by atomic mass is 10.0. The summed E-state index contributed by atoms with van der Waals surface area (Å²) in [6, 6.07) is 6.83. The van der Waals surface area contributed by atoms with Crippen LogP contribution in [0.4, 0.5) is 5.69 Å². The Labute approximate surface area is 206 Å². The number of ether oxygens (including phenoxy) is 1. The molecule has 3 aliphatic rings. The van der Waals surface area contributed by atoms with E-state index in [9.17, 15) is 19.6 Å². The standard InChI is InChI=1S/C23H28N6O4.C2H6/c1-13(2)21(30)26-18-6-15(8-24)4-5-17(18)19-7-20-23(32)28(9-14(3)29(20)27-19)12-25-22(31)16-10-33-11-16;1-2/h4-7,13-14,16,19,27H,9-12H2,1-3H3,(H,25,31)(H,26,30);1-2H3. The first-order valence-electron chi connectivity index (χ1n) is 12.0. The van der Waals surface area contributed by atoms with E-state index in [1.54, 1.807) is 36.9 Å². The number of hydrogen-bond acceptors (Lipinski definition) is 7. The molecule has 0 aromatic heterocycles. The fraction of sp³-hybridized carbons (Fsp3) is 0.520. The average molecular weight is 483 g/mol. The van der Waals surface area contributed by atoms with Crippen LogP contribution in [0.3, 0.4) is 0 Å². The lowest BCUT2D eigenvalue weighted by Gasteiger charge is -2.40. The van der Waals surface area contributed by atoms with Gasteiger partial charge in [-0.25, -0.2) is 5.43 Å². The van der Waals surface area contributed by atoms with Crippen LogP contribution in [0.1, 0.15) is 51.8 Å². The second-order valence-corrected chi connectivity index (χ2v) is 8.90. The van der Waals surface area contributed by atoms with Crippen LogP contribution in [0.15, 0.2) is 30.0 Å². The van der Waals surface area contributed by atoms with Gasteiger partial charge in [0.1, 0.15) is 5.70 Å². The first-order valence-corrected chi connectivity index (χ1v) is 12.0. The number of benzene rings is 1. The van der Waals surface area contributed by atoms with Gasteiger partial charge >= 0.3 is 0 Å². The van der Waals surface area contributed by atoms with Crippen molar-refractivity contribution in [2.45, 2.75) is 46.7 Å². The second-order valence-electron chi connectivity index (χ2n) is 8.90. The van der Waals surface area contributed by atoms with Gasteiger partial charge in [-0.15, -0.1) is 0 Å². The van der Waals surface area contributed by atoms with E-state index in [-0.39, 0.29) is 48.3 Å². The highest BCUT2D eigenvalue weighted by molar-refractivity contribution is 5.95. The van der Waals surface area contributed by atoms with Gasteiger partial charge in [-0.3, -0.25) is 19.4 Å². The quantitative estimate of drug-likeness (QED) is 0.565. The highest BCUT2D eigenvalue weighted by atomic mass is 16.5. The molecule has 4 rings (SSSR count).